The van der Waals surface area contributed by atoms with Crippen molar-refractivity contribution in [2.75, 3.05) is 5.32 Å². The van der Waals surface area contributed by atoms with Gasteiger partial charge in [0.1, 0.15) is 23.5 Å². The Labute approximate surface area is 175 Å². The lowest BCUT2D eigenvalue weighted by atomic mass is 10.3. The summed E-state index contributed by atoms with van der Waals surface area (Å²) in [5.74, 6) is 1.42. The maximum atomic E-state index is 13.2. The zero-order valence-electron chi connectivity index (χ0n) is 15.4. The van der Waals surface area contributed by atoms with Crippen LogP contribution in [0, 0.1) is 17.1 Å². The highest BCUT2D eigenvalue weighted by molar-refractivity contribution is 7.99. The number of ether oxygens (including phenoxy) is 1. The smallest absolute Gasteiger partial charge is 0.192 e. The van der Waals surface area contributed by atoms with Crippen molar-refractivity contribution in [1.82, 2.24) is 19.9 Å². The Kier molecular flexibility index (Phi) is 5.78. The van der Waals surface area contributed by atoms with Crippen LogP contribution in [-0.2, 0) is 0 Å². The number of benzene rings is 1. The second-order valence-corrected chi connectivity index (χ2v) is 6.92. The lowest BCUT2D eigenvalue weighted by Crippen LogP contribution is -1.99. The molecule has 1 aromatic carbocycles. The number of nitrogens with one attached hydrogen (secondary N) is 1. The minimum absolute atomic E-state index is 0.355. The summed E-state index contributed by atoms with van der Waals surface area (Å²) in [6.45, 7) is 0. The van der Waals surface area contributed by atoms with Crippen LogP contribution < -0.4 is 10.1 Å². The highest BCUT2D eigenvalue weighted by Gasteiger charge is 2.12. The third-order valence-corrected chi connectivity index (χ3v) is 4.61. The molecule has 0 unspecified atom stereocenters. The highest BCUT2D eigenvalue weighted by atomic mass is 32.2. The van der Waals surface area contributed by atoms with E-state index in [1.54, 1.807) is 42.9 Å². The van der Waals surface area contributed by atoms with Crippen molar-refractivity contribution in [2.45, 2.75) is 10.1 Å². The summed E-state index contributed by atoms with van der Waals surface area (Å²) in [6, 6.07) is 14.5. The summed E-state index contributed by atoms with van der Waals surface area (Å²) in [4.78, 5) is 17.8. The van der Waals surface area contributed by atoms with E-state index >= 15 is 0 Å². The van der Waals surface area contributed by atoms with Crippen LogP contribution in [0.3, 0.4) is 0 Å². The molecule has 4 rings (SSSR count). The van der Waals surface area contributed by atoms with E-state index in [-0.39, 0.29) is 5.82 Å². The molecule has 1 N–H and O–H groups in total. The number of pyridine rings is 2. The lowest BCUT2D eigenvalue weighted by Gasteiger charge is -2.13. The number of nitriles is 1. The second-order valence-electron chi connectivity index (χ2n) is 5.88. The fourth-order valence-corrected chi connectivity index (χ4v) is 3.09. The predicted molar refractivity (Wildman–Crippen MR) is 109 cm³/mol. The number of halogens is 1. The Morgan fingerprint density at radius 1 is 0.967 bits per heavy atom. The van der Waals surface area contributed by atoms with Crippen molar-refractivity contribution in [3.05, 3.63) is 84.7 Å². The Morgan fingerprint density at radius 3 is 2.47 bits per heavy atom. The van der Waals surface area contributed by atoms with Gasteiger partial charge >= 0.3 is 0 Å². The van der Waals surface area contributed by atoms with E-state index in [9.17, 15) is 4.39 Å². The highest BCUT2D eigenvalue weighted by Crippen LogP contribution is 2.34. The number of rotatable bonds is 6. The summed E-state index contributed by atoms with van der Waals surface area (Å²) in [7, 11) is 0. The standard InChI is InChI=1S/C21H13FN6OS/c22-15-3-5-16(6-4-15)29-18-10-17(30-21-24-8-1-9-25-21)13-27-20(18)28-19-7-2-14(11-23)12-26-19/h1-10,12-13H,(H,26,27,28). The Bertz CT molecular complexity index is 1180. The van der Waals surface area contributed by atoms with Gasteiger partial charge in [-0.3, -0.25) is 0 Å². The number of anilines is 2. The molecule has 0 amide bonds. The monoisotopic (exact) mass is 416 g/mol. The van der Waals surface area contributed by atoms with Gasteiger partial charge < -0.3 is 10.1 Å². The maximum Gasteiger partial charge on any atom is 0.192 e. The van der Waals surface area contributed by atoms with Gasteiger partial charge in [0.15, 0.2) is 16.7 Å². The topological polar surface area (TPSA) is 96.6 Å². The molecular formula is C21H13FN6OS. The zero-order valence-corrected chi connectivity index (χ0v) is 16.2. The van der Waals surface area contributed by atoms with Gasteiger partial charge in [-0.2, -0.15) is 5.26 Å². The zero-order chi connectivity index (χ0) is 20.8. The molecule has 0 saturated heterocycles. The normalized spacial score (nSPS) is 10.3. The van der Waals surface area contributed by atoms with E-state index in [0.717, 1.165) is 4.90 Å². The Balaban J connectivity index is 1.64. The van der Waals surface area contributed by atoms with Crippen LogP contribution in [0.25, 0.3) is 0 Å². The number of hydrogen-bond acceptors (Lipinski definition) is 8. The van der Waals surface area contributed by atoms with E-state index in [1.165, 1.54) is 42.2 Å². The predicted octanol–water partition coefficient (Wildman–Crippen LogP) is 4.96. The molecule has 0 aliphatic heterocycles. The molecule has 9 heteroatoms. The van der Waals surface area contributed by atoms with Gasteiger partial charge in [0.05, 0.1) is 5.56 Å². The molecule has 0 radical (unpaired) electrons. The molecule has 3 heterocycles. The molecule has 146 valence electrons. The SMILES string of the molecule is N#Cc1ccc(Nc2ncc(Sc3ncccn3)cc2Oc2ccc(F)cc2)nc1. The minimum atomic E-state index is -0.355. The van der Waals surface area contributed by atoms with E-state index in [4.69, 9.17) is 10.00 Å². The fourth-order valence-electron chi connectivity index (χ4n) is 2.38. The van der Waals surface area contributed by atoms with Gasteiger partial charge in [-0.1, -0.05) is 0 Å². The first-order valence-electron chi connectivity index (χ1n) is 8.71. The van der Waals surface area contributed by atoms with Crippen molar-refractivity contribution in [2.24, 2.45) is 0 Å². The molecule has 0 fully saturated rings. The van der Waals surface area contributed by atoms with Crippen molar-refractivity contribution in [1.29, 1.82) is 5.26 Å². The molecule has 4 aromatic rings. The van der Waals surface area contributed by atoms with Gasteiger partial charge in [-0.25, -0.2) is 24.3 Å². The third kappa shape index (κ3) is 4.87. The van der Waals surface area contributed by atoms with Crippen LogP contribution >= 0.6 is 11.8 Å². The number of aromatic nitrogens is 4. The van der Waals surface area contributed by atoms with Gasteiger partial charge in [0, 0.05) is 35.7 Å². The third-order valence-electron chi connectivity index (χ3n) is 3.76. The lowest BCUT2D eigenvalue weighted by molar-refractivity contribution is 0.479. The van der Waals surface area contributed by atoms with E-state index in [0.29, 0.717) is 33.9 Å². The summed E-state index contributed by atoms with van der Waals surface area (Å²) < 4.78 is 19.2. The molecule has 0 aliphatic rings. The van der Waals surface area contributed by atoms with Crippen LogP contribution in [0.1, 0.15) is 5.56 Å². The fraction of sp³-hybridized carbons (Fsp3) is 0. The molecule has 30 heavy (non-hydrogen) atoms. The van der Waals surface area contributed by atoms with Crippen LogP contribution in [0.15, 0.2) is 83.4 Å². The molecule has 0 bridgehead atoms. The number of hydrogen-bond donors (Lipinski definition) is 1. The maximum absolute atomic E-state index is 13.2. The van der Waals surface area contributed by atoms with E-state index < -0.39 is 0 Å². The molecule has 7 nitrogen and oxygen atoms in total. The van der Waals surface area contributed by atoms with Crippen molar-refractivity contribution >= 4 is 23.4 Å². The van der Waals surface area contributed by atoms with Gasteiger partial charge in [-0.15, -0.1) is 0 Å². The van der Waals surface area contributed by atoms with Gasteiger partial charge in [0.2, 0.25) is 0 Å². The van der Waals surface area contributed by atoms with Crippen molar-refractivity contribution < 1.29 is 9.13 Å². The molecule has 0 aliphatic carbocycles. The second kappa shape index (κ2) is 8.98. The van der Waals surface area contributed by atoms with Crippen LogP contribution in [0.5, 0.6) is 11.5 Å². The average molecular weight is 416 g/mol. The minimum Gasteiger partial charge on any atom is -0.453 e. The first-order chi connectivity index (χ1) is 14.7. The summed E-state index contributed by atoms with van der Waals surface area (Å²) in [6.07, 6.45) is 6.43. The van der Waals surface area contributed by atoms with Crippen molar-refractivity contribution in [3.63, 3.8) is 0 Å². The van der Waals surface area contributed by atoms with Gasteiger partial charge in [-0.05, 0) is 54.2 Å². The van der Waals surface area contributed by atoms with Crippen LogP contribution in [-0.4, -0.2) is 19.9 Å². The Hall–Kier alpha value is -4.03. The van der Waals surface area contributed by atoms with Gasteiger partial charge in [0.25, 0.3) is 0 Å². The quantitative estimate of drug-likeness (QED) is 0.440. The van der Waals surface area contributed by atoms with E-state index in [2.05, 4.69) is 25.3 Å². The first kappa shape index (κ1) is 19.3. The van der Waals surface area contributed by atoms with Crippen molar-refractivity contribution in [3.8, 4) is 17.6 Å². The van der Waals surface area contributed by atoms with Crippen LogP contribution in [0.4, 0.5) is 16.0 Å². The summed E-state index contributed by atoms with van der Waals surface area (Å²) in [5.41, 5.74) is 0.450. The molecular weight excluding hydrogens is 403 g/mol. The summed E-state index contributed by atoms with van der Waals surface area (Å²) in [5, 5.41) is 12.6. The summed E-state index contributed by atoms with van der Waals surface area (Å²) >= 11 is 1.33. The molecule has 0 saturated carbocycles. The molecule has 0 spiro atoms. The van der Waals surface area contributed by atoms with E-state index in [1.807, 2.05) is 6.07 Å². The largest absolute Gasteiger partial charge is 0.453 e. The average Bonchev–Trinajstić information content (AvgIpc) is 2.78. The number of nitrogens with zero attached hydrogens (tertiary/aromatic N) is 5. The molecule has 3 aromatic heterocycles. The van der Waals surface area contributed by atoms with Crippen LogP contribution in [0.2, 0.25) is 0 Å². The molecule has 0 atom stereocenters. The Morgan fingerprint density at radius 2 is 1.77 bits per heavy atom. The first-order valence-corrected chi connectivity index (χ1v) is 9.53.